The zero-order chi connectivity index (χ0) is 15.4. The van der Waals surface area contributed by atoms with Gasteiger partial charge >= 0.3 is 0 Å². The number of alkyl halides is 1. The molecule has 3 rings (SSSR count). The number of fused-ring (bicyclic) bond motifs is 1. The van der Waals surface area contributed by atoms with Gasteiger partial charge in [0.15, 0.2) is 0 Å². The molecule has 1 aliphatic heterocycles. The number of aromatic nitrogens is 2. The van der Waals surface area contributed by atoms with Gasteiger partial charge in [0.05, 0.1) is 32.7 Å². The van der Waals surface area contributed by atoms with Gasteiger partial charge in [0, 0.05) is 24.2 Å². The molecular weight excluding hydrogens is 285 g/mol. The molecule has 3 heterocycles. The van der Waals surface area contributed by atoms with Gasteiger partial charge in [-0.2, -0.15) is 0 Å². The van der Waals surface area contributed by atoms with E-state index in [1.807, 2.05) is 30.5 Å². The van der Waals surface area contributed by atoms with Crippen LogP contribution in [0.15, 0.2) is 42.7 Å². The first-order chi connectivity index (χ1) is 10.8. The monoisotopic (exact) mass is 303 g/mol. The lowest BCUT2D eigenvalue weighted by molar-refractivity contribution is -0.133. The van der Waals surface area contributed by atoms with Crippen LogP contribution in [0.25, 0.3) is 0 Å². The quantitative estimate of drug-likeness (QED) is 0.868. The molecule has 1 atom stereocenters. The Kier molecular flexibility index (Phi) is 4.37. The van der Waals surface area contributed by atoms with Crippen molar-refractivity contribution in [2.24, 2.45) is 0 Å². The standard InChI is InChI=1S/C16H18FN3O2/c17-7-6-16(21)20-10-13-4-3-9-19(13)11-14(12-20)22-15-5-1-2-8-18-15/h1-5,8-9,14H,6-7,10-12H2/t14-/m0/s1. The summed E-state index contributed by atoms with van der Waals surface area (Å²) in [6.07, 6.45) is 3.33. The number of hydrogen-bond donors (Lipinski definition) is 0. The minimum atomic E-state index is -0.637. The number of carbonyl (C=O) groups excluding carboxylic acids is 1. The molecule has 1 aliphatic rings. The first kappa shape index (κ1) is 14.6. The Morgan fingerprint density at radius 2 is 2.23 bits per heavy atom. The fraction of sp³-hybridized carbons (Fsp3) is 0.375. The zero-order valence-electron chi connectivity index (χ0n) is 12.2. The fourth-order valence-electron chi connectivity index (χ4n) is 2.65. The van der Waals surface area contributed by atoms with Gasteiger partial charge in [0.1, 0.15) is 6.10 Å². The molecule has 5 nitrogen and oxygen atoms in total. The van der Waals surface area contributed by atoms with Crippen molar-refractivity contribution in [1.82, 2.24) is 14.5 Å². The van der Waals surface area contributed by atoms with Crippen LogP contribution in [0.5, 0.6) is 5.88 Å². The average molecular weight is 303 g/mol. The number of halogens is 1. The van der Waals surface area contributed by atoms with Gasteiger partial charge in [-0.25, -0.2) is 4.98 Å². The summed E-state index contributed by atoms with van der Waals surface area (Å²) in [7, 11) is 0. The summed E-state index contributed by atoms with van der Waals surface area (Å²) in [5.41, 5.74) is 1.03. The largest absolute Gasteiger partial charge is 0.471 e. The second-order valence-corrected chi connectivity index (χ2v) is 5.27. The van der Waals surface area contributed by atoms with Crippen molar-refractivity contribution in [1.29, 1.82) is 0 Å². The molecule has 0 fully saturated rings. The first-order valence-electron chi connectivity index (χ1n) is 7.31. The molecular formula is C16H18FN3O2. The van der Waals surface area contributed by atoms with E-state index in [-0.39, 0.29) is 18.4 Å². The van der Waals surface area contributed by atoms with Crippen LogP contribution in [0.3, 0.4) is 0 Å². The SMILES string of the molecule is O=C(CCF)N1Cc2cccn2C[C@H](Oc2ccccn2)C1. The summed E-state index contributed by atoms with van der Waals surface area (Å²) in [6.45, 7) is 0.908. The predicted molar refractivity (Wildman–Crippen MR) is 79.1 cm³/mol. The Morgan fingerprint density at radius 1 is 1.32 bits per heavy atom. The molecule has 22 heavy (non-hydrogen) atoms. The average Bonchev–Trinajstić information content (AvgIpc) is 2.87. The summed E-state index contributed by atoms with van der Waals surface area (Å²) in [5, 5.41) is 0. The van der Waals surface area contributed by atoms with Gasteiger partial charge in [-0.05, 0) is 18.2 Å². The number of nitrogens with zero attached hydrogens (tertiary/aromatic N) is 3. The first-order valence-corrected chi connectivity index (χ1v) is 7.31. The molecule has 6 heteroatoms. The Bertz CT molecular complexity index is 629. The summed E-state index contributed by atoms with van der Waals surface area (Å²) in [4.78, 5) is 17.9. The van der Waals surface area contributed by atoms with Crippen molar-refractivity contribution in [2.75, 3.05) is 13.2 Å². The van der Waals surface area contributed by atoms with Crippen LogP contribution in [0.1, 0.15) is 12.1 Å². The van der Waals surface area contributed by atoms with E-state index in [9.17, 15) is 9.18 Å². The molecule has 116 valence electrons. The van der Waals surface area contributed by atoms with Crippen LogP contribution in [-0.4, -0.2) is 39.7 Å². The maximum absolute atomic E-state index is 12.5. The molecule has 2 aromatic rings. The summed E-state index contributed by atoms with van der Waals surface area (Å²) < 4.78 is 20.5. The Balaban J connectivity index is 1.79. The molecule has 0 saturated heterocycles. The van der Waals surface area contributed by atoms with Crippen LogP contribution in [-0.2, 0) is 17.9 Å². The highest BCUT2D eigenvalue weighted by Gasteiger charge is 2.26. The smallest absolute Gasteiger partial charge is 0.225 e. The Hall–Kier alpha value is -2.37. The lowest BCUT2D eigenvalue weighted by Crippen LogP contribution is -2.38. The highest BCUT2D eigenvalue weighted by molar-refractivity contribution is 5.76. The predicted octanol–water partition coefficient (Wildman–Crippen LogP) is 2.03. The van der Waals surface area contributed by atoms with Crippen LogP contribution in [0.4, 0.5) is 4.39 Å². The third kappa shape index (κ3) is 3.27. The van der Waals surface area contributed by atoms with Crippen LogP contribution in [0.2, 0.25) is 0 Å². The van der Waals surface area contributed by atoms with E-state index in [1.165, 1.54) is 0 Å². The molecule has 0 spiro atoms. The molecule has 0 N–H and O–H groups in total. The molecule has 0 bridgehead atoms. The van der Waals surface area contributed by atoms with Crippen molar-refractivity contribution in [3.63, 3.8) is 0 Å². The normalized spacial score (nSPS) is 17.7. The van der Waals surface area contributed by atoms with E-state index in [2.05, 4.69) is 9.55 Å². The van der Waals surface area contributed by atoms with E-state index in [4.69, 9.17) is 4.74 Å². The molecule has 0 radical (unpaired) electrons. The van der Waals surface area contributed by atoms with Gasteiger partial charge in [0.25, 0.3) is 0 Å². The molecule has 0 unspecified atom stereocenters. The second kappa shape index (κ2) is 6.60. The summed E-state index contributed by atoms with van der Waals surface area (Å²) in [6, 6.07) is 9.37. The highest BCUT2D eigenvalue weighted by Crippen LogP contribution is 2.18. The van der Waals surface area contributed by atoms with E-state index < -0.39 is 6.67 Å². The number of ether oxygens (including phenoxy) is 1. The van der Waals surface area contributed by atoms with Crippen molar-refractivity contribution < 1.29 is 13.9 Å². The zero-order valence-corrected chi connectivity index (χ0v) is 12.2. The van der Waals surface area contributed by atoms with Gasteiger partial charge in [0.2, 0.25) is 11.8 Å². The number of hydrogen-bond acceptors (Lipinski definition) is 3. The molecule has 0 aromatic carbocycles. The lowest BCUT2D eigenvalue weighted by atomic mass is 10.3. The van der Waals surface area contributed by atoms with Crippen molar-refractivity contribution in [3.8, 4) is 5.88 Å². The molecule has 2 aromatic heterocycles. The van der Waals surface area contributed by atoms with Gasteiger partial charge in [-0.1, -0.05) is 6.07 Å². The highest BCUT2D eigenvalue weighted by atomic mass is 19.1. The number of rotatable bonds is 4. The van der Waals surface area contributed by atoms with Gasteiger partial charge < -0.3 is 14.2 Å². The van der Waals surface area contributed by atoms with Crippen LogP contribution >= 0.6 is 0 Å². The van der Waals surface area contributed by atoms with Crippen molar-refractivity contribution >= 4 is 5.91 Å². The minimum absolute atomic E-state index is 0.0863. The molecule has 1 amide bonds. The summed E-state index contributed by atoms with van der Waals surface area (Å²) in [5.74, 6) is 0.341. The topological polar surface area (TPSA) is 47.4 Å². The van der Waals surface area contributed by atoms with Crippen LogP contribution in [0, 0.1) is 0 Å². The maximum atomic E-state index is 12.5. The number of amides is 1. The van der Waals surface area contributed by atoms with Crippen LogP contribution < -0.4 is 4.74 Å². The Labute approximate surface area is 128 Å². The maximum Gasteiger partial charge on any atom is 0.225 e. The minimum Gasteiger partial charge on any atom is -0.471 e. The van der Waals surface area contributed by atoms with Gasteiger partial charge in [-0.3, -0.25) is 9.18 Å². The fourth-order valence-corrected chi connectivity index (χ4v) is 2.65. The Morgan fingerprint density at radius 3 is 3.00 bits per heavy atom. The van der Waals surface area contributed by atoms with E-state index in [0.29, 0.717) is 25.5 Å². The van der Waals surface area contributed by atoms with E-state index >= 15 is 0 Å². The van der Waals surface area contributed by atoms with E-state index in [0.717, 1.165) is 5.69 Å². The third-order valence-corrected chi connectivity index (χ3v) is 3.69. The second-order valence-electron chi connectivity index (χ2n) is 5.27. The van der Waals surface area contributed by atoms with Gasteiger partial charge in [-0.15, -0.1) is 0 Å². The molecule has 0 saturated carbocycles. The lowest BCUT2D eigenvalue weighted by Gasteiger charge is -2.24. The summed E-state index contributed by atoms with van der Waals surface area (Å²) >= 11 is 0. The van der Waals surface area contributed by atoms with Crippen molar-refractivity contribution in [2.45, 2.75) is 25.6 Å². The third-order valence-electron chi connectivity index (χ3n) is 3.69. The molecule has 0 aliphatic carbocycles. The van der Waals surface area contributed by atoms with Crippen molar-refractivity contribution in [3.05, 3.63) is 48.4 Å². The number of carbonyl (C=O) groups is 1. The number of pyridine rings is 1. The van der Waals surface area contributed by atoms with E-state index in [1.54, 1.807) is 17.2 Å².